The van der Waals surface area contributed by atoms with Gasteiger partial charge in [-0.15, -0.1) is 0 Å². The normalized spacial score (nSPS) is 27.3. The van der Waals surface area contributed by atoms with E-state index < -0.39 is 12.1 Å². The van der Waals surface area contributed by atoms with Crippen LogP contribution in [0, 0.1) is 5.92 Å². The summed E-state index contributed by atoms with van der Waals surface area (Å²) in [5, 5.41) is 0. The van der Waals surface area contributed by atoms with Gasteiger partial charge in [-0.05, 0) is 84.1 Å². The van der Waals surface area contributed by atoms with Gasteiger partial charge in [-0.2, -0.15) is 0 Å². The molecule has 0 amide bonds. The fourth-order valence-corrected chi connectivity index (χ4v) is 5.27. The molecule has 5 atom stereocenters. The number of benzene rings is 1. The molecule has 2 aliphatic rings. The molecule has 2 unspecified atom stereocenters. The van der Waals surface area contributed by atoms with Crippen LogP contribution in [0.1, 0.15) is 65.9 Å². The lowest BCUT2D eigenvalue weighted by Gasteiger charge is -2.34. The summed E-state index contributed by atoms with van der Waals surface area (Å²) in [5.74, 6) is 1.16. The van der Waals surface area contributed by atoms with Crippen LogP contribution in [0.25, 0.3) is 6.08 Å². The third-order valence-corrected chi connectivity index (χ3v) is 7.36. The van der Waals surface area contributed by atoms with Crippen LogP contribution < -0.4 is 14.2 Å². The van der Waals surface area contributed by atoms with E-state index in [1.807, 2.05) is 13.8 Å². The maximum Gasteiger partial charge on any atom is 0.331 e. The summed E-state index contributed by atoms with van der Waals surface area (Å²) < 4.78 is 41.0. The topological polar surface area (TPSA) is 85.0 Å². The van der Waals surface area contributed by atoms with E-state index in [1.54, 1.807) is 39.5 Å². The molecule has 3 rings (SSSR count). The van der Waals surface area contributed by atoms with E-state index in [0.29, 0.717) is 36.9 Å². The van der Waals surface area contributed by atoms with Crippen molar-refractivity contribution in [2.45, 2.75) is 90.3 Å². The Labute approximate surface area is 233 Å². The van der Waals surface area contributed by atoms with E-state index in [2.05, 4.69) is 26.8 Å². The van der Waals surface area contributed by atoms with Crippen molar-refractivity contribution in [3.8, 4) is 17.2 Å². The zero-order valence-corrected chi connectivity index (χ0v) is 24.8. The highest BCUT2D eigenvalue weighted by Crippen LogP contribution is 2.49. The molecule has 1 aromatic carbocycles. The van der Waals surface area contributed by atoms with Gasteiger partial charge in [-0.3, -0.25) is 0 Å². The second-order valence-corrected chi connectivity index (χ2v) is 10.9. The third-order valence-electron chi connectivity index (χ3n) is 7.36. The number of carbonyl (C=O) groups is 1. The molecule has 0 N–H and O–H groups in total. The molecule has 0 radical (unpaired) electrons. The smallest absolute Gasteiger partial charge is 0.331 e. The molecule has 0 aliphatic carbocycles. The molecule has 8 heteroatoms. The zero-order chi connectivity index (χ0) is 28.6. The third kappa shape index (κ3) is 8.22. The maximum atomic E-state index is 13.0. The number of epoxide rings is 1. The molecule has 39 heavy (non-hydrogen) atoms. The zero-order valence-electron chi connectivity index (χ0n) is 24.8. The number of methoxy groups -OCH3 is 3. The Kier molecular flexibility index (Phi) is 11.3. The van der Waals surface area contributed by atoms with Gasteiger partial charge < -0.3 is 33.2 Å². The first kappa shape index (κ1) is 31.0. The van der Waals surface area contributed by atoms with Gasteiger partial charge in [0.15, 0.2) is 11.5 Å². The first-order chi connectivity index (χ1) is 18.6. The summed E-state index contributed by atoms with van der Waals surface area (Å²) >= 11 is 0. The minimum absolute atomic E-state index is 0.0277. The molecular weight excluding hydrogens is 500 g/mol. The minimum Gasteiger partial charge on any atom is -0.493 e. The highest BCUT2D eigenvalue weighted by atomic mass is 16.6. The van der Waals surface area contributed by atoms with Crippen molar-refractivity contribution in [1.29, 1.82) is 0 Å². The molecule has 0 saturated carbocycles. The van der Waals surface area contributed by atoms with E-state index >= 15 is 0 Å². The predicted molar refractivity (Wildman–Crippen MR) is 151 cm³/mol. The van der Waals surface area contributed by atoms with Crippen molar-refractivity contribution in [2.24, 2.45) is 5.92 Å². The number of carbonyl (C=O) groups excluding carboxylic acids is 1. The van der Waals surface area contributed by atoms with Crippen LogP contribution in [0.15, 0.2) is 29.9 Å². The second kappa shape index (κ2) is 14.2. The molecule has 8 nitrogen and oxygen atoms in total. The molecule has 218 valence electrons. The Morgan fingerprint density at radius 3 is 2.38 bits per heavy atom. The van der Waals surface area contributed by atoms with Gasteiger partial charge in [0, 0.05) is 32.3 Å². The van der Waals surface area contributed by atoms with Crippen molar-refractivity contribution in [3.05, 3.63) is 35.4 Å². The van der Waals surface area contributed by atoms with E-state index in [9.17, 15) is 4.79 Å². The van der Waals surface area contributed by atoms with Gasteiger partial charge in [0.2, 0.25) is 5.75 Å². The van der Waals surface area contributed by atoms with Gasteiger partial charge in [-0.25, -0.2) is 4.79 Å². The predicted octanol–water partition coefficient (Wildman–Crippen LogP) is 5.76. The fourth-order valence-electron chi connectivity index (χ4n) is 5.27. The van der Waals surface area contributed by atoms with Crippen LogP contribution in [0.3, 0.4) is 0 Å². The number of rotatable bonds is 11. The average Bonchev–Trinajstić information content (AvgIpc) is 3.54. The lowest BCUT2D eigenvalue weighted by atomic mass is 9.80. The number of hydrogen-bond donors (Lipinski definition) is 0. The van der Waals surface area contributed by atoms with Crippen LogP contribution in [0.2, 0.25) is 0 Å². The van der Waals surface area contributed by atoms with Gasteiger partial charge in [-0.1, -0.05) is 11.6 Å². The standard InChI is InChI=1S/C31H46O8/c1-20(2)11-13-27-31(5,39-27)23-15-17-36-16-9-10-24(29(23)35-8)38-28(32)14-12-22-18-25(33-6)30(37-21(3)4)26(19-22)34-7/h11-12,14,18-19,21,23-24,27,29H,9-10,13,15-17H2,1-8H3/b14-12+/t23-,24?,27+,29+,31?/m1/s1. The van der Waals surface area contributed by atoms with Crippen molar-refractivity contribution >= 4 is 12.0 Å². The molecule has 0 bridgehead atoms. The van der Waals surface area contributed by atoms with Crippen LogP contribution in [0.5, 0.6) is 17.2 Å². The fraction of sp³-hybridized carbons (Fsp3) is 0.645. The second-order valence-electron chi connectivity index (χ2n) is 10.9. The highest BCUT2D eigenvalue weighted by molar-refractivity contribution is 5.87. The first-order valence-corrected chi connectivity index (χ1v) is 13.9. The lowest BCUT2D eigenvalue weighted by Crippen LogP contribution is -2.45. The van der Waals surface area contributed by atoms with Crippen LogP contribution >= 0.6 is 0 Å². The van der Waals surface area contributed by atoms with Crippen molar-refractivity contribution in [2.75, 3.05) is 34.5 Å². The Balaban J connectivity index is 1.77. The molecule has 2 fully saturated rings. The van der Waals surface area contributed by atoms with E-state index in [-0.39, 0.29) is 29.8 Å². The van der Waals surface area contributed by atoms with E-state index in [1.165, 1.54) is 11.6 Å². The molecule has 1 aromatic rings. The number of hydrogen-bond acceptors (Lipinski definition) is 8. The molecule has 0 aromatic heterocycles. The monoisotopic (exact) mass is 546 g/mol. The molecule has 2 saturated heterocycles. The van der Waals surface area contributed by atoms with Crippen molar-refractivity contribution in [3.63, 3.8) is 0 Å². The van der Waals surface area contributed by atoms with Crippen molar-refractivity contribution in [1.82, 2.24) is 0 Å². The van der Waals surface area contributed by atoms with Crippen molar-refractivity contribution < 1.29 is 38.0 Å². The van der Waals surface area contributed by atoms with E-state index in [4.69, 9.17) is 33.2 Å². The lowest BCUT2D eigenvalue weighted by molar-refractivity contribution is -0.155. The summed E-state index contributed by atoms with van der Waals surface area (Å²) in [6.45, 7) is 11.4. The Bertz CT molecular complexity index is 987. The number of esters is 1. The molecule has 2 heterocycles. The largest absolute Gasteiger partial charge is 0.493 e. The Morgan fingerprint density at radius 1 is 1.10 bits per heavy atom. The minimum atomic E-state index is -0.440. The first-order valence-electron chi connectivity index (χ1n) is 13.9. The van der Waals surface area contributed by atoms with Crippen LogP contribution in [0.4, 0.5) is 0 Å². The SMILES string of the molecule is COc1cc(/C=C/C(=O)OC2CCCOCC[C@@H](C3(C)O[C@H]3CC=C(C)C)[C@@H]2OC)cc(OC)c1OC(C)C. The summed E-state index contributed by atoms with van der Waals surface area (Å²) in [6, 6.07) is 3.60. The van der Waals surface area contributed by atoms with E-state index in [0.717, 1.165) is 24.8 Å². The van der Waals surface area contributed by atoms with Gasteiger partial charge in [0.05, 0.1) is 38.1 Å². The molecule has 2 aliphatic heterocycles. The van der Waals surface area contributed by atoms with Gasteiger partial charge in [0.25, 0.3) is 0 Å². The summed E-state index contributed by atoms with van der Waals surface area (Å²) in [4.78, 5) is 13.0. The van der Waals surface area contributed by atoms with Gasteiger partial charge >= 0.3 is 5.97 Å². The molecular formula is C31H46O8. The molecule has 0 spiro atoms. The van der Waals surface area contributed by atoms with Crippen LogP contribution in [-0.2, 0) is 23.7 Å². The van der Waals surface area contributed by atoms with Crippen LogP contribution in [-0.4, -0.2) is 70.5 Å². The quantitative estimate of drug-likeness (QED) is 0.150. The Morgan fingerprint density at radius 2 is 1.79 bits per heavy atom. The number of allylic oxidation sites excluding steroid dienone is 1. The maximum absolute atomic E-state index is 13.0. The van der Waals surface area contributed by atoms with Gasteiger partial charge in [0.1, 0.15) is 6.10 Å². The summed E-state index contributed by atoms with van der Waals surface area (Å²) in [7, 11) is 4.82. The summed E-state index contributed by atoms with van der Waals surface area (Å²) in [5.41, 5.74) is 1.64. The Hall–Kier alpha value is -2.55. The summed E-state index contributed by atoms with van der Waals surface area (Å²) in [6.07, 6.45) is 7.70. The average molecular weight is 547 g/mol. The highest BCUT2D eigenvalue weighted by Gasteiger charge is 2.59. The number of ether oxygens (including phenoxy) is 7.